The largest absolute Gasteiger partial charge is 0.495 e. The predicted octanol–water partition coefficient (Wildman–Crippen LogP) is 5.12. The van der Waals surface area contributed by atoms with Crippen molar-refractivity contribution in [3.05, 3.63) is 58.7 Å². The number of likely N-dealkylation sites (tertiary alicyclic amines) is 1. The second-order valence-electron chi connectivity index (χ2n) is 7.48. The average Bonchev–Trinajstić information content (AvgIpc) is 3.24. The number of aryl methyl sites for hydroxylation is 1. The van der Waals surface area contributed by atoms with Crippen LogP contribution >= 0.6 is 23.2 Å². The molecule has 3 aromatic rings. The van der Waals surface area contributed by atoms with Gasteiger partial charge < -0.3 is 15.0 Å². The zero-order chi connectivity index (χ0) is 22.1. The first-order chi connectivity index (χ1) is 14.9. The number of ether oxygens (including phenoxy) is 1. The maximum Gasteiger partial charge on any atom is 0.246 e. The molecule has 31 heavy (non-hydrogen) atoms. The molecule has 0 spiro atoms. The topological polar surface area (TPSA) is 67.4 Å². The van der Waals surface area contributed by atoms with Crippen LogP contribution in [0.3, 0.4) is 0 Å². The molecular formula is C23H22Cl2N4O2. The van der Waals surface area contributed by atoms with Crippen molar-refractivity contribution in [2.24, 2.45) is 0 Å². The SMILES string of the molecule is C=CC(=O)N1CC[C@H](Nc2ncc3cc(-c4c(Cl)c(C)cc(OC)c4Cl)ccc3n2)C1. The van der Waals surface area contributed by atoms with Crippen molar-refractivity contribution in [1.82, 2.24) is 14.9 Å². The summed E-state index contributed by atoms with van der Waals surface area (Å²) in [5, 5.41) is 5.24. The average molecular weight is 457 g/mol. The standard InChI is InChI=1S/C23H22Cl2N4O2/c1-4-19(30)29-8-7-16(12-29)27-23-26-11-15-10-14(5-6-17(15)28-23)20-21(24)13(2)9-18(31-3)22(20)25/h4-6,9-11,16H,1,7-8,12H2,2-3H3,(H,26,27,28)/t16-/m0/s1. The predicted molar refractivity (Wildman–Crippen MR) is 125 cm³/mol. The molecule has 1 fully saturated rings. The molecule has 0 saturated carbocycles. The summed E-state index contributed by atoms with van der Waals surface area (Å²) in [7, 11) is 1.58. The van der Waals surface area contributed by atoms with Gasteiger partial charge in [0.1, 0.15) is 5.75 Å². The fourth-order valence-electron chi connectivity index (χ4n) is 3.79. The van der Waals surface area contributed by atoms with Crippen LogP contribution in [0.2, 0.25) is 10.0 Å². The van der Waals surface area contributed by atoms with Crippen LogP contribution in [-0.2, 0) is 4.79 Å². The fourth-order valence-corrected chi connectivity index (χ4v) is 4.43. The lowest BCUT2D eigenvalue weighted by atomic mass is 10.0. The number of methoxy groups -OCH3 is 1. The summed E-state index contributed by atoms with van der Waals surface area (Å²) in [6.45, 7) is 6.76. The third-order valence-corrected chi connectivity index (χ3v) is 6.31. The van der Waals surface area contributed by atoms with Gasteiger partial charge in [0.25, 0.3) is 0 Å². The van der Waals surface area contributed by atoms with Gasteiger partial charge in [-0.3, -0.25) is 4.79 Å². The first-order valence-corrected chi connectivity index (χ1v) is 10.6. The summed E-state index contributed by atoms with van der Waals surface area (Å²) in [6, 6.07) is 7.75. The van der Waals surface area contributed by atoms with E-state index in [2.05, 4.69) is 21.9 Å². The lowest BCUT2D eigenvalue weighted by molar-refractivity contribution is -0.125. The number of carbonyl (C=O) groups excluding carboxylic acids is 1. The highest BCUT2D eigenvalue weighted by molar-refractivity contribution is 6.40. The van der Waals surface area contributed by atoms with Gasteiger partial charge in [-0.15, -0.1) is 0 Å². The smallest absolute Gasteiger partial charge is 0.246 e. The molecule has 8 heteroatoms. The lowest BCUT2D eigenvalue weighted by Gasteiger charge is -2.16. The summed E-state index contributed by atoms with van der Waals surface area (Å²) in [4.78, 5) is 22.6. The number of nitrogens with one attached hydrogen (secondary N) is 1. The number of hydrogen-bond donors (Lipinski definition) is 1. The number of amides is 1. The van der Waals surface area contributed by atoms with Crippen LogP contribution in [-0.4, -0.2) is 47.0 Å². The highest BCUT2D eigenvalue weighted by atomic mass is 35.5. The van der Waals surface area contributed by atoms with Gasteiger partial charge in [-0.25, -0.2) is 9.97 Å². The summed E-state index contributed by atoms with van der Waals surface area (Å²) in [5.41, 5.74) is 3.27. The Balaban J connectivity index is 1.61. The maximum absolute atomic E-state index is 11.8. The third-order valence-electron chi connectivity index (χ3n) is 5.45. The van der Waals surface area contributed by atoms with Gasteiger partial charge in [-0.1, -0.05) is 35.8 Å². The minimum atomic E-state index is -0.0543. The van der Waals surface area contributed by atoms with Gasteiger partial charge in [0, 0.05) is 36.3 Å². The molecule has 1 atom stereocenters. The quantitative estimate of drug-likeness (QED) is 0.539. The minimum Gasteiger partial charge on any atom is -0.495 e. The second-order valence-corrected chi connectivity index (χ2v) is 8.24. The van der Waals surface area contributed by atoms with E-state index < -0.39 is 0 Å². The molecule has 1 aromatic heterocycles. The normalized spacial score (nSPS) is 15.9. The number of aromatic nitrogens is 2. The number of anilines is 1. The summed E-state index contributed by atoms with van der Waals surface area (Å²) >= 11 is 13.1. The van der Waals surface area contributed by atoms with E-state index in [1.807, 2.05) is 31.2 Å². The molecule has 0 radical (unpaired) electrons. The molecule has 1 aliphatic heterocycles. The van der Waals surface area contributed by atoms with E-state index in [0.29, 0.717) is 34.8 Å². The van der Waals surface area contributed by atoms with E-state index in [9.17, 15) is 4.79 Å². The van der Waals surface area contributed by atoms with Crippen LogP contribution in [0.5, 0.6) is 5.75 Å². The summed E-state index contributed by atoms with van der Waals surface area (Å²) < 4.78 is 5.39. The molecule has 1 aliphatic rings. The first kappa shape index (κ1) is 21.4. The highest BCUT2D eigenvalue weighted by Crippen LogP contribution is 2.43. The number of rotatable bonds is 5. The highest BCUT2D eigenvalue weighted by Gasteiger charge is 2.25. The summed E-state index contributed by atoms with van der Waals surface area (Å²) in [5.74, 6) is 1.06. The van der Waals surface area contributed by atoms with Crippen molar-refractivity contribution >= 4 is 46.0 Å². The monoisotopic (exact) mass is 456 g/mol. The number of carbonyl (C=O) groups is 1. The lowest BCUT2D eigenvalue weighted by Crippen LogP contribution is -2.30. The summed E-state index contributed by atoms with van der Waals surface area (Å²) in [6.07, 6.45) is 3.95. The zero-order valence-electron chi connectivity index (χ0n) is 17.3. The van der Waals surface area contributed by atoms with Crippen molar-refractivity contribution in [2.75, 3.05) is 25.5 Å². The van der Waals surface area contributed by atoms with Crippen LogP contribution in [0.15, 0.2) is 43.1 Å². The van der Waals surface area contributed by atoms with Crippen molar-refractivity contribution < 1.29 is 9.53 Å². The Morgan fingerprint density at radius 1 is 1.32 bits per heavy atom. The van der Waals surface area contributed by atoms with Crippen molar-refractivity contribution in [3.63, 3.8) is 0 Å². The van der Waals surface area contributed by atoms with Crippen LogP contribution < -0.4 is 10.1 Å². The van der Waals surface area contributed by atoms with E-state index >= 15 is 0 Å². The van der Waals surface area contributed by atoms with Gasteiger partial charge >= 0.3 is 0 Å². The van der Waals surface area contributed by atoms with Crippen molar-refractivity contribution in [2.45, 2.75) is 19.4 Å². The first-order valence-electron chi connectivity index (χ1n) is 9.89. The Bertz CT molecular complexity index is 1180. The van der Waals surface area contributed by atoms with Gasteiger partial charge in [0.05, 0.1) is 22.7 Å². The van der Waals surface area contributed by atoms with Crippen LogP contribution in [0, 0.1) is 6.92 Å². The van der Waals surface area contributed by atoms with Crippen LogP contribution in [0.25, 0.3) is 22.0 Å². The van der Waals surface area contributed by atoms with Crippen LogP contribution in [0.4, 0.5) is 5.95 Å². The van der Waals surface area contributed by atoms with Crippen molar-refractivity contribution in [1.29, 1.82) is 0 Å². The minimum absolute atomic E-state index is 0.0543. The van der Waals surface area contributed by atoms with Gasteiger partial charge in [-0.2, -0.15) is 0 Å². The molecule has 2 aromatic carbocycles. The van der Waals surface area contributed by atoms with E-state index in [1.54, 1.807) is 18.2 Å². The van der Waals surface area contributed by atoms with Gasteiger partial charge in [0.15, 0.2) is 0 Å². The maximum atomic E-state index is 11.8. The number of hydrogen-bond acceptors (Lipinski definition) is 5. The molecule has 0 aliphatic carbocycles. The Kier molecular flexibility index (Phi) is 6.03. The van der Waals surface area contributed by atoms with Crippen molar-refractivity contribution in [3.8, 4) is 16.9 Å². The molecule has 1 N–H and O–H groups in total. The Labute approximate surface area is 190 Å². The Morgan fingerprint density at radius 3 is 2.87 bits per heavy atom. The van der Waals surface area contributed by atoms with E-state index in [1.165, 1.54) is 6.08 Å². The van der Waals surface area contributed by atoms with Gasteiger partial charge in [0.2, 0.25) is 11.9 Å². The molecule has 2 heterocycles. The molecule has 6 nitrogen and oxygen atoms in total. The number of benzene rings is 2. The zero-order valence-corrected chi connectivity index (χ0v) is 18.8. The molecule has 1 amide bonds. The molecule has 4 rings (SSSR count). The number of nitrogens with zero attached hydrogens (tertiary/aromatic N) is 3. The van der Waals surface area contributed by atoms with Crippen LogP contribution in [0.1, 0.15) is 12.0 Å². The molecule has 1 saturated heterocycles. The Hall–Kier alpha value is -2.83. The molecule has 160 valence electrons. The van der Waals surface area contributed by atoms with E-state index in [0.717, 1.165) is 34.0 Å². The van der Waals surface area contributed by atoms with E-state index in [-0.39, 0.29) is 11.9 Å². The number of halogens is 2. The molecular weight excluding hydrogens is 435 g/mol. The molecule has 0 unspecified atom stereocenters. The third kappa shape index (κ3) is 4.18. The number of fused-ring (bicyclic) bond motifs is 1. The van der Waals surface area contributed by atoms with E-state index in [4.69, 9.17) is 27.9 Å². The Morgan fingerprint density at radius 2 is 2.13 bits per heavy atom. The molecule has 0 bridgehead atoms. The van der Waals surface area contributed by atoms with Gasteiger partial charge in [-0.05, 0) is 48.7 Å². The second kappa shape index (κ2) is 8.73. The fraction of sp³-hybridized carbons (Fsp3) is 0.261.